The van der Waals surface area contributed by atoms with Crippen molar-refractivity contribution in [2.45, 2.75) is 58.7 Å². The zero-order chi connectivity index (χ0) is 18.6. The fourth-order valence-electron chi connectivity index (χ4n) is 3.38. The Morgan fingerprint density at radius 2 is 1.88 bits per heavy atom. The van der Waals surface area contributed by atoms with Gasteiger partial charge < -0.3 is 20.3 Å². The second kappa shape index (κ2) is 11.9. The molecular weight excluding hydrogens is 324 g/mol. The van der Waals surface area contributed by atoms with Crippen molar-refractivity contribution in [2.24, 2.45) is 4.99 Å². The summed E-state index contributed by atoms with van der Waals surface area (Å²) >= 11 is 0. The number of nitrogens with one attached hydrogen (secondary N) is 2. The third-order valence-electron chi connectivity index (χ3n) is 4.86. The van der Waals surface area contributed by atoms with Crippen molar-refractivity contribution in [3.8, 4) is 0 Å². The highest BCUT2D eigenvalue weighted by Gasteiger charge is 2.19. The number of ether oxygens (including phenoxy) is 1. The largest absolute Gasteiger partial charge is 0.377 e. The van der Waals surface area contributed by atoms with E-state index >= 15 is 0 Å². The normalized spacial score (nSPS) is 16.7. The van der Waals surface area contributed by atoms with Crippen LogP contribution in [0.1, 0.15) is 50.7 Å². The first-order valence-corrected chi connectivity index (χ1v) is 10.1. The molecule has 0 spiro atoms. The van der Waals surface area contributed by atoms with E-state index in [0.717, 1.165) is 25.5 Å². The van der Waals surface area contributed by atoms with E-state index in [1.165, 1.54) is 50.0 Å². The van der Waals surface area contributed by atoms with Crippen LogP contribution in [0, 0.1) is 0 Å². The van der Waals surface area contributed by atoms with Gasteiger partial charge in [0.15, 0.2) is 5.96 Å². The quantitative estimate of drug-likeness (QED) is 0.403. The monoisotopic (exact) mass is 360 g/mol. The number of aliphatic imine (C=N–C) groups is 1. The molecule has 1 saturated heterocycles. The van der Waals surface area contributed by atoms with E-state index in [1.54, 1.807) is 0 Å². The molecule has 5 heteroatoms. The average molecular weight is 361 g/mol. The molecule has 0 bridgehead atoms. The van der Waals surface area contributed by atoms with Crippen molar-refractivity contribution in [1.82, 2.24) is 15.5 Å². The number of rotatable bonds is 9. The van der Waals surface area contributed by atoms with E-state index in [0.29, 0.717) is 12.6 Å². The summed E-state index contributed by atoms with van der Waals surface area (Å²) in [6, 6.07) is 8.98. The van der Waals surface area contributed by atoms with Crippen LogP contribution in [0.2, 0.25) is 0 Å². The van der Waals surface area contributed by atoms with E-state index in [2.05, 4.69) is 58.6 Å². The standard InChI is InChI=1S/C21H36N4O/c1-4-12-25-13-10-20(11-14-25)24-21(22-3)23-16-18-8-6-7-9-19(18)17-26-15-5-2/h6-9,20H,4-5,10-17H2,1-3H3,(H2,22,23,24). The predicted molar refractivity (Wildman–Crippen MR) is 109 cm³/mol. The second-order valence-corrected chi connectivity index (χ2v) is 7.01. The SMILES string of the molecule is CCCOCc1ccccc1CNC(=NC)NC1CCN(CCC)CC1. The number of piperidine rings is 1. The molecule has 1 aromatic rings. The van der Waals surface area contributed by atoms with E-state index in [4.69, 9.17) is 4.74 Å². The Hall–Kier alpha value is -1.59. The Balaban J connectivity index is 1.80. The fraction of sp³-hybridized carbons (Fsp3) is 0.667. The number of benzene rings is 1. The summed E-state index contributed by atoms with van der Waals surface area (Å²) in [5.74, 6) is 0.892. The summed E-state index contributed by atoms with van der Waals surface area (Å²) in [6.45, 7) is 10.2. The highest BCUT2D eigenvalue weighted by molar-refractivity contribution is 5.80. The molecule has 0 saturated carbocycles. The first kappa shape index (κ1) is 20.7. The molecule has 1 heterocycles. The summed E-state index contributed by atoms with van der Waals surface area (Å²) < 4.78 is 5.72. The Bertz CT molecular complexity index is 539. The van der Waals surface area contributed by atoms with E-state index in [-0.39, 0.29) is 0 Å². The van der Waals surface area contributed by atoms with Crippen LogP contribution in [0.5, 0.6) is 0 Å². The van der Waals surface area contributed by atoms with Gasteiger partial charge in [-0.1, -0.05) is 38.1 Å². The Morgan fingerprint density at radius 3 is 2.54 bits per heavy atom. The minimum absolute atomic E-state index is 0.512. The molecule has 1 fully saturated rings. The van der Waals surface area contributed by atoms with Crippen molar-refractivity contribution < 1.29 is 4.74 Å². The summed E-state index contributed by atoms with van der Waals surface area (Å²) in [5, 5.41) is 7.06. The molecule has 2 rings (SSSR count). The molecule has 1 aliphatic heterocycles. The maximum absolute atomic E-state index is 5.72. The molecule has 1 aliphatic rings. The predicted octanol–water partition coefficient (Wildman–Crippen LogP) is 3.15. The Kier molecular flexibility index (Phi) is 9.50. The number of nitrogens with zero attached hydrogens (tertiary/aromatic N) is 2. The van der Waals surface area contributed by atoms with Gasteiger partial charge in [0.05, 0.1) is 6.61 Å². The number of likely N-dealkylation sites (tertiary alicyclic amines) is 1. The Morgan fingerprint density at radius 1 is 1.15 bits per heavy atom. The lowest BCUT2D eigenvalue weighted by atomic mass is 10.1. The molecule has 5 nitrogen and oxygen atoms in total. The van der Waals surface area contributed by atoms with Crippen LogP contribution >= 0.6 is 0 Å². The minimum Gasteiger partial charge on any atom is -0.377 e. The van der Waals surface area contributed by atoms with Crippen LogP contribution in [0.15, 0.2) is 29.3 Å². The third-order valence-corrected chi connectivity index (χ3v) is 4.86. The van der Waals surface area contributed by atoms with Crippen LogP contribution < -0.4 is 10.6 Å². The maximum atomic E-state index is 5.72. The average Bonchev–Trinajstić information content (AvgIpc) is 2.68. The summed E-state index contributed by atoms with van der Waals surface area (Å²) in [4.78, 5) is 6.96. The lowest BCUT2D eigenvalue weighted by molar-refractivity contribution is 0.121. The van der Waals surface area contributed by atoms with Crippen molar-refractivity contribution in [3.63, 3.8) is 0 Å². The molecule has 2 N–H and O–H groups in total. The van der Waals surface area contributed by atoms with Crippen molar-refractivity contribution >= 4 is 5.96 Å². The van der Waals surface area contributed by atoms with Gasteiger partial charge in [-0.15, -0.1) is 0 Å². The minimum atomic E-state index is 0.512. The molecule has 0 amide bonds. The van der Waals surface area contributed by atoms with Gasteiger partial charge in [0.25, 0.3) is 0 Å². The zero-order valence-electron chi connectivity index (χ0n) is 16.8. The first-order valence-electron chi connectivity index (χ1n) is 10.1. The first-order chi connectivity index (χ1) is 12.8. The summed E-state index contributed by atoms with van der Waals surface area (Å²) in [5.41, 5.74) is 2.51. The van der Waals surface area contributed by atoms with E-state index in [9.17, 15) is 0 Å². The molecule has 146 valence electrons. The second-order valence-electron chi connectivity index (χ2n) is 7.01. The van der Waals surface area contributed by atoms with Crippen molar-refractivity contribution in [3.05, 3.63) is 35.4 Å². The molecule has 26 heavy (non-hydrogen) atoms. The summed E-state index contributed by atoms with van der Waals surface area (Å²) in [7, 11) is 1.85. The van der Waals surface area contributed by atoms with Crippen LogP contribution in [-0.4, -0.2) is 50.2 Å². The molecule has 0 aliphatic carbocycles. The highest BCUT2D eigenvalue weighted by atomic mass is 16.5. The molecule has 1 aromatic carbocycles. The zero-order valence-corrected chi connectivity index (χ0v) is 16.8. The third kappa shape index (κ3) is 6.96. The molecular formula is C21H36N4O. The van der Waals surface area contributed by atoms with Gasteiger partial charge in [-0.25, -0.2) is 0 Å². The molecule has 0 aromatic heterocycles. The van der Waals surface area contributed by atoms with Crippen LogP contribution in [0.3, 0.4) is 0 Å². The highest BCUT2D eigenvalue weighted by Crippen LogP contribution is 2.12. The van der Waals surface area contributed by atoms with Gasteiger partial charge in [0.2, 0.25) is 0 Å². The molecule has 0 atom stereocenters. The van der Waals surface area contributed by atoms with Gasteiger partial charge in [-0.05, 0) is 43.4 Å². The van der Waals surface area contributed by atoms with Gasteiger partial charge in [0, 0.05) is 39.3 Å². The van der Waals surface area contributed by atoms with Crippen LogP contribution in [0.25, 0.3) is 0 Å². The number of hydrogen-bond acceptors (Lipinski definition) is 3. The van der Waals surface area contributed by atoms with Crippen molar-refractivity contribution in [1.29, 1.82) is 0 Å². The Labute approximate surface area is 159 Å². The lowest BCUT2D eigenvalue weighted by Crippen LogP contribution is -2.48. The number of hydrogen-bond donors (Lipinski definition) is 2. The fourth-order valence-corrected chi connectivity index (χ4v) is 3.38. The van der Waals surface area contributed by atoms with Crippen molar-refractivity contribution in [2.75, 3.05) is 33.3 Å². The molecule has 0 unspecified atom stereocenters. The van der Waals surface area contributed by atoms with Crippen LogP contribution in [0.4, 0.5) is 0 Å². The van der Waals surface area contributed by atoms with Gasteiger partial charge in [-0.2, -0.15) is 0 Å². The molecule has 0 radical (unpaired) electrons. The van der Waals surface area contributed by atoms with Gasteiger partial charge in [0.1, 0.15) is 0 Å². The van der Waals surface area contributed by atoms with E-state index in [1.807, 2.05) is 7.05 Å². The summed E-state index contributed by atoms with van der Waals surface area (Å²) in [6.07, 6.45) is 4.65. The topological polar surface area (TPSA) is 48.9 Å². The van der Waals surface area contributed by atoms with Gasteiger partial charge in [-0.3, -0.25) is 4.99 Å². The van der Waals surface area contributed by atoms with E-state index < -0.39 is 0 Å². The maximum Gasteiger partial charge on any atom is 0.191 e. The van der Waals surface area contributed by atoms with Crippen LogP contribution in [-0.2, 0) is 17.9 Å². The number of guanidine groups is 1. The van der Waals surface area contributed by atoms with Gasteiger partial charge >= 0.3 is 0 Å². The smallest absolute Gasteiger partial charge is 0.191 e. The lowest BCUT2D eigenvalue weighted by Gasteiger charge is -2.32.